The standard InChI is InChI=1S/C4H6Br2/c1-3(2)4(5)6/h4H,1H2,2H3. The van der Waals surface area contributed by atoms with Crippen molar-refractivity contribution in [3.63, 3.8) is 0 Å². The molecule has 0 spiro atoms. The molecule has 0 fully saturated rings. The van der Waals surface area contributed by atoms with Crippen molar-refractivity contribution >= 4 is 31.9 Å². The first-order valence-electron chi connectivity index (χ1n) is 1.58. The van der Waals surface area contributed by atoms with E-state index in [4.69, 9.17) is 0 Å². The highest BCUT2D eigenvalue weighted by atomic mass is 79.9. The average Bonchev–Trinajstić information content (AvgIpc) is 1.36. The van der Waals surface area contributed by atoms with Crippen molar-refractivity contribution in [1.29, 1.82) is 0 Å². The molecule has 6 heavy (non-hydrogen) atoms. The largest absolute Gasteiger partial charge is 0.0982 e. The van der Waals surface area contributed by atoms with Crippen LogP contribution in [-0.4, -0.2) is 3.74 Å². The maximum atomic E-state index is 3.66. The molecular weight excluding hydrogens is 208 g/mol. The lowest BCUT2D eigenvalue weighted by atomic mass is 10.4. The average molecular weight is 214 g/mol. The summed E-state index contributed by atoms with van der Waals surface area (Å²) in [6.07, 6.45) is 0. The molecule has 0 aliphatic carbocycles. The summed E-state index contributed by atoms with van der Waals surface area (Å²) < 4.78 is 0.282. The number of halogens is 2. The maximum Gasteiger partial charge on any atom is 0.0901 e. The van der Waals surface area contributed by atoms with Gasteiger partial charge in [-0.15, -0.1) is 0 Å². The van der Waals surface area contributed by atoms with Gasteiger partial charge in [-0.1, -0.05) is 44.0 Å². The summed E-state index contributed by atoms with van der Waals surface area (Å²) in [5.41, 5.74) is 1.09. The van der Waals surface area contributed by atoms with Crippen molar-refractivity contribution in [2.45, 2.75) is 10.7 Å². The predicted molar refractivity (Wildman–Crippen MR) is 36.5 cm³/mol. The van der Waals surface area contributed by atoms with E-state index in [0.717, 1.165) is 5.57 Å². The quantitative estimate of drug-likeness (QED) is 0.464. The van der Waals surface area contributed by atoms with Gasteiger partial charge < -0.3 is 0 Å². The van der Waals surface area contributed by atoms with E-state index in [-0.39, 0.29) is 3.74 Å². The molecule has 0 atom stereocenters. The van der Waals surface area contributed by atoms with Gasteiger partial charge in [0.2, 0.25) is 0 Å². The third-order valence-corrected chi connectivity index (χ3v) is 1.94. The second kappa shape index (κ2) is 2.80. The number of allylic oxidation sites excluding steroid dienone is 1. The fraction of sp³-hybridized carbons (Fsp3) is 0.500. The van der Waals surface area contributed by atoms with E-state index in [1.54, 1.807) is 0 Å². The number of hydrogen-bond donors (Lipinski definition) is 0. The van der Waals surface area contributed by atoms with Crippen LogP contribution in [0.4, 0.5) is 0 Å². The van der Waals surface area contributed by atoms with Crippen LogP contribution >= 0.6 is 31.9 Å². The highest BCUT2D eigenvalue weighted by molar-refractivity contribution is 9.24. The van der Waals surface area contributed by atoms with Gasteiger partial charge in [0.1, 0.15) is 0 Å². The van der Waals surface area contributed by atoms with Crippen molar-refractivity contribution in [2.24, 2.45) is 0 Å². The molecule has 0 N–H and O–H groups in total. The molecule has 0 saturated carbocycles. The molecule has 0 aromatic rings. The van der Waals surface area contributed by atoms with Crippen LogP contribution in [0, 0.1) is 0 Å². The van der Waals surface area contributed by atoms with Crippen molar-refractivity contribution in [3.05, 3.63) is 12.2 Å². The van der Waals surface area contributed by atoms with Crippen LogP contribution in [0.25, 0.3) is 0 Å². The summed E-state index contributed by atoms with van der Waals surface area (Å²) in [5.74, 6) is 0. The van der Waals surface area contributed by atoms with Crippen molar-refractivity contribution in [1.82, 2.24) is 0 Å². The van der Waals surface area contributed by atoms with Gasteiger partial charge in [-0.3, -0.25) is 0 Å². The van der Waals surface area contributed by atoms with Gasteiger partial charge in [-0.05, 0) is 6.92 Å². The Balaban J connectivity index is 3.26. The van der Waals surface area contributed by atoms with E-state index in [1.165, 1.54) is 0 Å². The first kappa shape index (κ1) is 6.70. The molecule has 0 unspecified atom stereocenters. The summed E-state index contributed by atoms with van der Waals surface area (Å²) in [7, 11) is 0. The Morgan fingerprint density at radius 3 is 1.83 bits per heavy atom. The molecule has 0 aromatic carbocycles. The molecule has 0 nitrogen and oxygen atoms in total. The van der Waals surface area contributed by atoms with Crippen molar-refractivity contribution < 1.29 is 0 Å². The Morgan fingerprint density at radius 2 is 1.83 bits per heavy atom. The highest BCUT2D eigenvalue weighted by Gasteiger charge is 1.92. The molecule has 0 radical (unpaired) electrons. The van der Waals surface area contributed by atoms with Crippen molar-refractivity contribution in [2.75, 3.05) is 0 Å². The second-order valence-electron chi connectivity index (χ2n) is 1.15. The summed E-state index contributed by atoms with van der Waals surface area (Å²) >= 11 is 6.51. The van der Waals surface area contributed by atoms with Crippen LogP contribution in [0.5, 0.6) is 0 Å². The molecule has 0 rings (SSSR count). The Hall–Kier alpha value is 0.700. The topological polar surface area (TPSA) is 0 Å². The SMILES string of the molecule is C=C(C)C(Br)Br. The number of rotatable bonds is 1. The van der Waals surface area contributed by atoms with E-state index in [1.807, 2.05) is 6.92 Å². The molecule has 0 saturated heterocycles. The zero-order chi connectivity index (χ0) is 5.15. The summed E-state index contributed by atoms with van der Waals surface area (Å²) in [4.78, 5) is 0. The van der Waals surface area contributed by atoms with Crippen LogP contribution in [0.3, 0.4) is 0 Å². The Labute approximate surface area is 54.9 Å². The van der Waals surface area contributed by atoms with Gasteiger partial charge in [0.15, 0.2) is 0 Å². The summed E-state index contributed by atoms with van der Waals surface area (Å²) in [5, 5.41) is 0. The molecule has 0 aliphatic heterocycles. The van der Waals surface area contributed by atoms with E-state index >= 15 is 0 Å². The maximum absolute atomic E-state index is 3.66. The van der Waals surface area contributed by atoms with Gasteiger partial charge in [-0.2, -0.15) is 0 Å². The molecule has 0 aromatic heterocycles. The van der Waals surface area contributed by atoms with Crippen LogP contribution in [0.2, 0.25) is 0 Å². The molecule has 0 aliphatic rings. The Bertz CT molecular complexity index is 56.6. The smallest absolute Gasteiger partial charge is 0.0901 e. The summed E-state index contributed by atoms with van der Waals surface area (Å²) in [6.45, 7) is 5.61. The third-order valence-electron chi connectivity index (χ3n) is 0.373. The lowest BCUT2D eigenvalue weighted by Gasteiger charge is -1.93. The monoisotopic (exact) mass is 212 g/mol. The lowest BCUT2D eigenvalue weighted by molar-refractivity contribution is 1.41. The molecule has 2 heteroatoms. The highest BCUT2D eigenvalue weighted by Crippen LogP contribution is 2.15. The second-order valence-corrected chi connectivity index (χ2v) is 4.21. The zero-order valence-corrected chi connectivity index (χ0v) is 6.71. The van der Waals surface area contributed by atoms with Gasteiger partial charge in [-0.25, -0.2) is 0 Å². The lowest BCUT2D eigenvalue weighted by Crippen LogP contribution is -1.80. The zero-order valence-electron chi connectivity index (χ0n) is 3.54. The van der Waals surface area contributed by atoms with E-state index in [2.05, 4.69) is 38.4 Å². The minimum atomic E-state index is 0.282. The number of hydrogen-bond acceptors (Lipinski definition) is 0. The Kier molecular flexibility index (Phi) is 3.13. The van der Waals surface area contributed by atoms with Crippen LogP contribution in [0.15, 0.2) is 12.2 Å². The summed E-state index contributed by atoms with van der Waals surface area (Å²) in [6, 6.07) is 0. The first-order valence-corrected chi connectivity index (χ1v) is 3.41. The predicted octanol–water partition coefficient (Wildman–Crippen LogP) is 2.68. The molecule has 0 bridgehead atoms. The van der Waals surface area contributed by atoms with Gasteiger partial charge >= 0.3 is 0 Å². The molecular formula is C4H6Br2. The number of alkyl halides is 2. The van der Waals surface area contributed by atoms with Crippen LogP contribution in [0.1, 0.15) is 6.92 Å². The van der Waals surface area contributed by atoms with Crippen molar-refractivity contribution in [3.8, 4) is 0 Å². The minimum absolute atomic E-state index is 0.282. The van der Waals surface area contributed by atoms with E-state index < -0.39 is 0 Å². The normalized spacial score (nSPS) is 9.33. The fourth-order valence-electron chi connectivity index (χ4n) is 0. The minimum Gasteiger partial charge on any atom is -0.0982 e. The van der Waals surface area contributed by atoms with E-state index in [9.17, 15) is 0 Å². The fourth-order valence-corrected chi connectivity index (χ4v) is 0. The molecule has 0 amide bonds. The molecule has 0 heterocycles. The van der Waals surface area contributed by atoms with Crippen LogP contribution < -0.4 is 0 Å². The van der Waals surface area contributed by atoms with Gasteiger partial charge in [0, 0.05) is 0 Å². The third kappa shape index (κ3) is 2.91. The molecule has 36 valence electrons. The van der Waals surface area contributed by atoms with E-state index in [0.29, 0.717) is 0 Å². The first-order chi connectivity index (χ1) is 2.64. The Morgan fingerprint density at radius 1 is 1.67 bits per heavy atom. The van der Waals surface area contributed by atoms with Gasteiger partial charge in [0.05, 0.1) is 3.74 Å². The van der Waals surface area contributed by atoms with Gasteiger partial charge in [0.25, 0.3) is 0 Å². The van der Waals surface area contributed by atoms with Crippen LogP contribution in [-0.2, 0) is 0 Å².